The predicted molar refractivity (Wildman–Crippen MR) is 70.8 cm³/mol. The molecule has 2 rings (SSSR count). The number of aliphatic imine (C=N–C) groups is 2. The number of Topliss-reactive ketones (excluding diaryl/α,β-unsaturated/α-hetero) is 1. The number of aryl methyl sites for hydroxylation is 1. The first kappa shape index (κ1) is 12.9. The largest absolute Gasteiger partial charge is 0.319 e. The molecule has 0 unspecified atom stereocenters. The number of nitrogens with one attached hydrogen (secondary N) is 1. The minimum absolute atomic E-state index is 0.118. The first-order valence-corrected chi connectivity index (χ1v) is 5.82. The molecule has 1 aromatic heterocycles. The van der Waals surface area contributed by atoms with Gasteiger partial charge >= 0.3 is 0 Å². The molecule has 1 N–H and O–H groups in total. The number of aromatic nitrogens is 2. The van der Waals surface area contributed by atoms with Crippen LogP contribution in [0.15, 0.2) is 9.98 Å². The Kier molecular flexibility index (Phi) is 3.58. The third-order valence-corrected chi connectivity index (χ3v) is 2.74. The lowest BCUT2D eigenvalue weighted by Crippen LogP contribution is -2.12. The standard InChI is InChI=1S/C10H9Cl2N5O/c1-4(18)6-3-13-10(16-6)17-7-8(11)14-5(2)15-9(7)12/h3H2,1-2H3,(H,13,17). The Bertz CT molecular complexity index is 559. The minimum Gasteiger partial charge on any atom is -0.319 e. The van der Waals surface area contributed by atoms with Crippen molar-refractivity contribution in [3.63, 3.8) is 0 Å². The molecule has 0 fully saturated rings. The zero-order chi connectivity index (χ0) is 13.3. The average molecular weight is 286 g/mol. The minimum atomic E-state index is -0.118. The first-order chi connectivity index (χ1) is 8.47. The molecule has 0 amide bonds. The van der Waals surface area contributed by atoms with Crippen molar-refractivity contribution in [2.24, 2.45) is 9.98 Å². The van der Waals surface area contributed by atoms with Crippen LogP contribution in [0, 0.1) is 6.92 Å². The highest BCUT2D eigenvalue weighted by molar-refractivity contribution is 6.43. The number of rotatable bonds is 2. The molecule has 2 heterocycles. The van der Waals surface area contributed by atoms with Gasteiger partial charge in [-0.3, -0.25) is 4.79 Å². The van der Waals surface area contributed by atoms with Crippen molar-refractivity contribution in [3.05, 3.63) is 16.1 Å². The molecular formula is C10H9Cl2N5O. The molecule has 0 aromatic carbocycles. The summed E-state index contributed by atoms with van der Waals surface area (Å²) in [5.41, 5.74) is 0.717. The summed E-state index contributed by atoms with van der Waals surface area (Å²) in [6.45, 7) is 3.37. The van der Waals surface area contributed by atoms with Gasteiger partial charge in [0, 0.05) is 6.92 Å². The van der Waals surface area contributed by atoms with Crippen LogP contribution in [0.25, 0.3) is 0 Å². The summed E-state index contributed by atoms with van der Waals surface area (Å²) in [5, 5.41) is 3.18. The van der Waals surface area contributed by atoms with Crippen LogP contribution in [0.2, 0.25) is 10.3 Å². The van der Waals surface area contributed by atoms with Gasteiger partial charge in [-0.1, -0.05) is 23.2 Å². The van der Waals surface area contributed by atoms with Gasteiger partial charge in [-0.25, -0.2) is 20.0 Å². The second-order valence-electron chi connectivity index (χ2n) is 3.61. The van der Waals surface area contributed by atoms with Crippen molar-refractivity contribution in [1.82, 2.24) is 9.97 Å². The lowest BCUT2D eigenvalue weighted by Gasteiger charge is -2.07. The highest BCUT2D eigenvalue weighted by Crippen LogP contribution is 2.27. The van der Waals surface area contributed by atoms with Crippen molar-refractivity contribution < 1.29 is 4.79 Å². The van der Waals surface area contributed by atoms with Crippen LogP contribution in [0.4, 0.5) is 5.69 Å². The highest BCUT2D eigenvalue weighted by atomic mass is 35.5. The normalized spacial score (nSPS) is 14.2. The molecule has 0 radical (unpaired) electrons. The van der Waals surface area contributed by atoms with Crippen LogP contribution >= 0.6 is 23.2 Å². The zero-order valence-corrected chi connectivity index (χ0v) is 11.2. The molecule has 0 aliphatic carbocycles. The Morgan fingerprint density at radius 2 is 1.89 bits per heavy atom. The van der Waals surface area contributed by atoms with Gasteiger partial charge < -0.3 is 5.32 Å². The number of carbonyl (C=O) groups is 1. The molecule has 0 bridgehead atoms. The van der Waals surface area contributed by atoms with Crippen molar-refractivity contribution >= 4 is 46.3 Å². The van der Waals surface area contributed by atoms with E-state index in [1.54, 1.807) is 6.92 Å². The van der Waals surface area contributed by atoms with Gasteiger partial charge in [-0.15, -0.1) is 0 Å². The summed E-state index contributed by atoms with van der Waals surface area (Å²) in [6, 6.07) is 0. The maximum Gasteiger partial charge on any atom is 0.223 e. The fraction of sp³-hybridized carbons (Fsp3) is 0.300. The van der Waals surface area contributed by atoms with Gasteiger partial charge in [0.25, 0.3) is 0 Å². The molecule has 1 aliphatic rings. The molecule has 8 heteroatoms. The first-order valence-electron chi connectivity index (χ1n) is 5.07. The number of ketones is 1. The van der Waals surface area contributed by atoms with Crippen LogP contribution in [-0.4, -0.2) is 34.0 Å². The summed E-state index contributed by atoms with van der Waals surface area (Å²) in [4.78, 5) is 27.1. The van der Waals surface area contributed by atoms with Gasteiger partial charge in [-0.2, -0.15) is 0 Å². The van der Waals surface area contributed by atoms with Crippen LogP contribution in [0.5, 0.6) is 0 Å². The maximum atomic E-state index is 11.1. The Morgan fingerprint density at radius 1 is 1.28 bits per heavy atom. The third-order valence-electron chi connectivity index (χ3n) is 2.20. The fourth-order valence-electron chi connectivity index (χ4n) is 1.33. The van der Waals surface area contributed by atoms with E-state index >= 15 is 0 Å². The summed E-state index contributed by atoms with van der Waals surface area (Å²) in [6.07, 6.45) is 0. The van der Waals surface area contributed by atoms with E-state index in [2.05, 4.69) is 25.3 Å². The summed E-state index contributed by atoms with van der Waals surface area (Å²) < 4.78 is 0. The molecule has 94 valence electrons. The second kappa shape index (κ2) is 4.99. The van der Waals surface area contributed by atoms with Crippen LogP contribution in [0.1, 0.15) is 12.7 Å². The van der Waals surface area contributed by atoms with E-state index in [4.69, 9.17) is 23.2 Å². The van der Waals surface area contributed by atoms with Gasteiger partial charge in [0.1, 0.15) is 17.2 Å². The lowest BCUT2D eigenvalue weighted by atomic mass is 10.3. The monoisotopic (exact) mass is 285 g/mol. The van der Waals surface area contributed by atoms with Gasteiger partial charge in [-0.05, 0) is 6.92 Å². The summed E-state index contributed by atoms with van der Waals surface area (Å²) >= 11 is 11.9. The smallest absolute Gasteiger partial charge is 0.223 e. The quantitative estimate of drug-likeness (QED) is 0.842. The highest BCUT2D eigenvalue weighted by Gasteiger charge is 2.17. The van der Waals surface area contributed by atoms with Crippen molar-refractivity contribution in [2.75, 3.05) is 11.9 Å². The third kappa shape index (κ3) is 2.65. The fourth-order valence-corrected chi connectivity index (χ4v) is 1.89. The molecule has 6 nitrogen and oxygen atoms in total. The zero-order valence-electron chi connectivity index (χ0n) is 9.66. The maximum absolute atomic E-state index is 11.1. The van der Waals surface area contributed by atoms with E-state index in [-0.39, 0.29) is 28.6 Å². The molecule has 0 atom stereocenters. The molecular weight excluding hydrogens is 277 g/mol. The van der Waals surface area contributed by atoms with E-state index in [1.165, 1.54) is 6.92 Å². The summed E-state index contributed by atoms with van der Waals surface area (Å²) in [7, 11) is 0. The molecule has 0 saturated heterocycles. The molecule has 1 aliphatic heterocycles. The molecule has 1 aromatic rings. The number of halogens is 2. The van der Waals surface area contributed by atoms with E-state index in [9.17, 15) is 4.79 Å². The lowest BCUT2D eigenvalue weighted by molar-refractivity contribution is -0.111. The number of anilines is 1. The Balaban J connectivity index is 2.24. The van der Waals surface area contributed by atoms with Crippen molar-refractivity contribution in [3.8, 4) is 0 Å². The average Bonchev–Trinajstić information content (AvgIpc) is 2.71. The van der Waals surface area contributed by atoms with Crippen LogP contribution < -0.4 is 5.32 Å². The molecule has 0 spiro atoms. The Morgan fingerprint density at radius 3 is 2.39 bits per heavy atom. The number of carbonyl (C=O) groups excluding carboxylic acids is 1. The Hall–Kier alpha value is -1.53. The number of guanidine groups is 1. The van der Waals surface area contributed by atoms with Gasteiger partial charge in [0.15, 0.2) is 16.1 Å². The van der Waals surface area contributed by atoms with Crippen molar-refractivity contribution in [2.45, 2.75) is 13.8 Å². The SMILES string of the molecule is CC(=O)C1=NC(Nc2c(Cl)nc(C)nc2Cl)=NC1. The van der Waals surface area contributed by atoms with Gasteiger partial charge in [0.2, 0.25) is 5.96 Å². The van der Waals surface area contributed by atoms with E-state index < -0.39 is 0 Å². The Labute approximate surface area is 113 Å². The number of hydrogen-bond acceptors (Lipinski definition) is 6. The van der Waals surface area contributed by atoms with E-state index in [0.717, 1.165) is 0 Å². The predicted octanol–water partition coefficient (Wildman–Crippen LogP) is 1.90. The topological polar surface area (TPSA) is 79.6 Å². The molecule has 0 saturated carbocycles. The van der Waals surface area contributed by atoms with Crippen LogP contribution in [-0.2, 0) is 4.79 Å². The van der Waals surface area contributed by atoms with E-state index in [1.807, 2.05) is 0 Å². The van der Waals surface area contributed by atoms with Gasteiger partial charge in [0.05, 0.1) is 6.54 Å². The summed E-state index contributed by atoms with van der Waals surface area (Å²) in [5.74, 6) is 0.626. The van der Waals surface area contributed by atoms with Crippen molar-refractivity contribution in [1.29, 1.82) is 0 Å². The number of hydrogen-bond donors (Lipinski definition) is 1. The van der Waals surface area contributed by atoms with E-state index in [0.29, 0.717) is 17.2 Å². The van der Waals surface area contributed by atoms with Crippen LogP contribution in [0.3, 0.4) is 0 Å². The second-order valence-corrected chi connectivity index (χ2v) is 4.32. The number of nitrogens with zero attached hydrogens (tertiary/aromatic N) is 4. The molecule has 18 heavy (non-hydrogen) atoms.